The number of nitrogen functional groups attached to an aromatic ring is 1. The van der Waals surface area contributed by atoms with Crippen molar-refractivity contribution in [2.75, 3.05) is 11.1 Å². The summed E-state index contributed by atoms with van der Waals surface area (Å²) in [6, 6.07) is 4.69. The van der Waals surface area contributed by atoms with Crippen molar-refractivity contribution in [1.29, 1.82) is 0 Å². The normalized spacial score (nSPS) is 10.5. The minimum Gasteiger partial charge on any atom is -0.399 e. The lowest BCUT2D eigenvalue weighted by Gasteiger charge is -2.14. The van der Waals surface area contributed by atoms with Crippen LogP contribution < -0.4 is 16.8 Å². The number of nitrogens with two attached hydrogens (primary N) is 2. The van der Waals surface area contributed by atoms with Crippen molar-refractivity contribution in [3.63, 3.8) is 0 Å². The molecule has 0 aliphatic rings. The van der Waals surface area contributed by atoms with Crippen molar-refractivity contribution in [3.8, 4) is 0 Å². The number of halogens is 3. The molecule has 0 saturated heterocycles. The minimum absolute atomic E-state index is 0.0135. The van der Waals surface area contributed by atoms with Crippen LogP contribution >= 0.6 is 11.6 Å². The lowest BCUT2D eigenvalue weighted by Crippen LogP contribution is -2.14. The highest BCUT2D eigenvalue weighted by Crippen LogP contribution is 2.33. The van der Waals surface area contributed by atoms with Gasteiger partial charge in [0.15, 0.2) is 0 Å². The molecule has 7 heteroatoms. The highest BCUT2D eigenvalue weighted by Gasteiger charge is 2.16. The fourth-order valence-corrected chi connectivity index (χ4v) is 2.10. The molecule has 0 fully saturated rings. The number of rotatable bonds is 3. The molecule has 2 rings (SSSR count). The average Bonchev–Trinajstić information content (AvgIpc) is 2.38. The van der Waals surface area contributed by atoms with Crippen molar-refractivity contribution in [2.45, 2.75) is 6.92 Å². The van der Waals surface area contributed by atoms with Gasteiger partial charge in [0.1, 0.15) is 11.6 Å². The SMILES string of the molecule is Cc1cc(F)c(Nc2c(Cl)cc(N)cc2C(N)=O)cc1F. The number of nitrogens with one attached hydrogen (secondary N) is 1. The van der Waals surface area contributed by atoms with E-state index in [0.717, 1.165) is 12.1 Å². The van der Waals surface area contributed by atoms with Crippen LogP contribution in [0.15, 0.2) is 24.3 Å². The van der Waals surface area contributed by atoms with Gasteiger partial charge in [-0.3, -0.25) is 4.79 Å². The Morgan fingerprint density at radius 2 is 1.86 bits per heavy atom. The van der Waals surface area contributed by atoms with Gasteiger partial charge in [0.2, 0.25) is 0 Å². The fraction of sp³-hybridized carbons (Fsp3) is 0.0714. The van der Waals surface area contributed by atoms with E-state index < -0.39 is 17.5 Å². The first kappa shape index (κ1) is 15.1. The number of aryl methyl sites for hydroxylation is 1. The molecule has 0 aromatic heterocycles. The molecule has 0 radical (unpaired) electrons. The predicted molar refractivity (Wildman–Crippen MR) is 78.8 cm³/mol. The first-order chi connectivity index (χ1) is 9.79. The summed E-state index contributed by atoms with van der Waals surface area (Å²) in [6.07, 6.45) is 0. The van der Waals surface area contributed by atoms with Crippen molar-refractivity contribution in [3.05, 3.63) is 52.0 Å². The van der Waals surface area contributed by atoms with Crippen LogP contribution in [0.25, 0.3) is 0 Å². The number of benzene rings is 2. The van der Waals surface area contributed by atoms with Gasteiger partial charge >= 0.3 is 0 Å². The number of anilines is 3. The number of carbonyl (C=O) groups is 1. The van der Waals surface area contributed by atoms with Crippen molar-refractivity contribution < 1.29 is 13.6 Å². The zero-order chi connectivity index (χ0) is 15.7. The van der Waals surface area contributed by atoms with Crippen LogP contribution in [0.4, 0.5) is 25.8 Å². The van der Waals surface area contributed by atoms with Gasteiger partial charge in [-0.05, 0) is 30.7 Å². The summed E-state index contributed by atoms with van der Waals surface area (Å²) in [6.45, 7) is 1.44. The van der Waals surface area contributed by atoms with E-state index in [2.05, 4.69) is 5.32 Å². The quantitative estimate of drug-likeness (QED) is 0.760. The molecule has 5 N–H and O–H groups in total. The summed E-state index contributed by atoms with van der Waals surface area (Å²) in [4.78, 5) is 11.4. The van der Waals surface area contributed by atoms with Crippen molar-refractivity contribution >= 4 is 34.6 Å². The van der Waals surface area contributed by atoms with Gasteiger partial charge in [0, 0.05) is 11.8 Å². The molecule has 0 aliphatic carbocycles. The molecule has 0 atom stereocenters. The Hall–Kier alpha value is -2.34. The van der Waals surface area contributed by atoms with Gasteiger partial charge < -0.3 is 16.8 Å². The number of primary amides is 1. The summed E-state index contributed by atoms with van der Waals surface area (Å²) >= 11 is 5.99. The molecule has 4 nitrogen and oxygen atoms in total. The molecule has 2 aromatic rings. The van der Waals surface area contributed by atoms with Gasteiger partial charge in [-0.2, -0.15) is 0 Å². The molecular weight excluding hydrogens is 300 g/mol. The summed E-state index contributed by atoms with van der Waals surface area (Å²) < 4.78 is 27.4. The molecule has 2 aromatic carbocycles. The standard InChI is InChI=1S/C14H12ClF2N3O/c1-6-2-11(17)12(5-10(6)16)20-13-8(14(19)21)3-7(18)4-9(13)15/h2-5,20H,18H2,1H3,(H2,19,21). The molecule has 0 spiro atoms. The maximum atomic E-state index is 13.8. The molecular formula is C14H12ClF2N3O. The first-order valence-corrected chi connectivity index (χ1v) is 6.29. The van der Waals surface area contributed by atoms with E-state index >= 15 is 0 Å². The summed E-state index contributed by atoms with van der Waals surface area (Å²) in [5.74, 6) is -2.07. The third kappa shape index (κ3) is 3.05. The largest absolute Gasteiger partial charge is 0.399 e. The van der Waals surface area contributed by atoms with Gasteiger partial charge in [-0.1, -0.05) is 11.6 Å². The van der Waals surface area contributed by atoms with E-state index in [1.54, 1.807) is 0 Å². The van der Waals surface area contributed by atoms with Crippen LogP contribution in [0.1, 0.15) is 15.9 Å². The maximum Gasteiger partial charge on any atom is 0.250 e. The molecule has 0 unspecified atom stereocenters. The molecule has 0 saturated carbocycles. The molecule has 21 heavy (non-hydrogen) atoms. The van der Waals surface area contributed by atoms with Crippen LogP contribution in [0.5, 0.6) is 0 Å². The van der Waals surface area contributed by atoms with Gasteiger partial charge in [0.25, 0.3) is 5.91 Å². The van der Waals surface area contributed by atoms with E-state index in [4.69, 9.17) is 23.1 Å². The molecule has 1 amide bonds. The van der Waals surface area contributed by atoms with Crippen LogP contribution in [0.2, 0.25) is 5.02 Å². The monoisotopic (exact) mass is 311 g/mol. The minimum atomic E-state index is -0.792. The number of amides is 1. The zero-order valence-electron chi connectivity index (χ0n) is 11.0. The van der Waals surface area contributed by atoms with E-state index in [0.29, 0.717) is 0 Å². The first-order valence-electron chi connectivity index (χ1n) is 5.91. The number of hydrogen-bond acceptors (Lipinski definition) is 3. The summed E-state index contributed by atoms with van der Waals surface area (Å²) in [5.41, 5.74) is 11.1. The average molecular weight is 312 g/mol. The molecule has 0 aliphatic heterocycles. The van der Waals surface area contributed by atoms with E-state index in [1.165, 1.54) is 19.1 Å². The van der Waals surface area contributed by atoms with Gasteiger partial charge in [-0.25, -0.2) is 8.78 Å². The number of hydrogen-bond donors (Lipinski definition) is 3. The van der Waals surface area contributed by atoms with Gasteiger partial charge in [-0.15, -0.1) is 0 Å². The smallest absolute Gasteiger partial charge is 0.250 e. The highest BCUT2D eigenvalue weighted by molar-refractivity contribution is 6.34. The Balaban J connectivity index is 2.54. The summed E-state index contributed by atoms with van der Waals surface area (Å²) in [7, 11) is 0. The second kappa shape index (κ2) is 5.57. The Kier molecular flexibility index (Phi) is 3.99. The maximum absolute atomic E-state index is 13.8. The third-order valence-electron chi connectivity index (χ3n) is 2.89. The molecule has 110 valence electrons. The Bertz CT molecular complexity index is 735. The van der Waals surface area contributed by atoms with Crippen LogP contribution in [-0.2, 0) is 0 Å². The van der Waals surface area contributed by atoms with Crippen LogP contribution in [-0.4, -0.2) is 5.91 Å². The van der Waals surface area contributed by atoms with Crippen LogP contribution in [0, 0.1) is 18.6 Å². The summed E-state index contributed by atoms with van der Waals surface area (Å²) in [5, 5.41) is 2.66. The molecule has 0 bridgehead atoms. The second-order valence-corrected chi connectivity index (χ2v) is 4.90. The number of carbonyl (C=O) groups excluding carboxylic acids is 1. The van der Waals surface area contributed by atoms with Gasteiger partial charge in [0.05, 0.1) is 22.0 Å². The van der Waals surface area contributed by atoms with E-state index in [9.17, 15) is 13.6 Å². The lowest BCUT2D eigenvalue weighted by molar-refractivity contribution is 0.100. The predicted octanol–water partition coefficient (Wildman–Crippen LogP) is 3.35. The Morgan fingerprint density at radius 3 is 2.48 bits per heavy atom. The third-order valence-corrected chi connectivity index (χ3v) is 3.18. The fourth-order valence-electron chi connectivity index (χ4n) is 1.83. The topological polar surface area (TPSA) is 81.1 Å². The van der Waals surface area contributed by atoms with E-state index in [-0.39, 0.29) is 33.2 Å². The Labute approximate surface area is 124 Å². The zero-order valence-corrected chi connectivity index (χ0v) is 11.8. The van der Waals surface area contributed by atoms with E-state index in [1.807, 2.05) is 0 Å². The van der Waals surface area contributed by atoms with Crippen molar-refractivity contribution in [1.82, 2.24) is 0 Å². The lowest BCUT2D eigenvalue weighted by atomic mass is 10.1. The highest BCUT2D eigenvalue weighted by atomic mass is 35.5. The second-order valence-electron chi connectivity index (χ2n) is 4.50. The van der Waals surface area contributed by atoms with Crippen LogP contribution in [0.3, 0.4) is 0 Å². The molecule has 0 heterocycles. The Morgan fingerprint density at radius 1 is 1.19 bits per heavy atom. The van der Waals surface area contributed by atoms with Crippen molar-refractivity contribution in [2.24, 2.45) is 5.73 Å².